The van der Waals surface area contributed by atoms with Gasteiger partial charge in [0.2, 0.25) is 0 Å². The van der Waals surface area contributed by atoms with E-state index in [0.29, 0.717) is 18.0 Å². The molecule has 0 radical (unpaired) electrons. The molecule has 0 aliphatic rings. The third kappa shape index (κ3) is 8.25. The van der Waals surface area contributed by atoms with E-state index in [1.165, 1.54) is 0 Å². The molecule has 0 amide bonds. The summed E-state index contributed by atoms with van der Waals surface area (Å²) in [4.78, 5) is 23.9. The van der Waals surface area contributed by atoms with Crippen LogP contribution in [-0.4, -0.2) is 46.8 Å². The first-order valence-electron chi connectivity index (χ1n) is 10.9. The number of benzene rings is 2. The van der Waals surface area contributed by atoms with Gasteiger partial charge in [0.1, 0.15) is 5.75 Å². The number of para-hydroxylation sites is 1. The number of ether oxygens (including phenoxy) is 2. The van der Waals surface area contributed by atoms with Crippen molar-refractivity contribution >= 4 is 28.5 Å². The van der Waals surface area contributed by atoms with Gasteiger partial charge in [-0.2, -0.15) is 0 Å². The number of anilines is 1. The molecule has 3 rings (SSSR count). The first-order valence-corrected chi connectivity index (χ1v) is 10.9. The number of rotatable bonds is 11. The highest BCUT2D eigenvalue weighted by Crippen LogP contribution is 2.41. The molecule has 1 atom stereocenters. The van der Waals surface area contributed by atoms with Gasteiger partial charge in [-0.15, -0.1) is 0 Å². The summed E-state index contributed by atoms with van der Waals surface area (Å²) in [6.07, 6.45) is 3.17. The van der Waals surface area contributed by atoms with Crippen molar-refractivity contribution < 1.29 is 29.3 Å². The summed E-state index contributed by atoms with van der Waals surface area (Å²) in [5, 5.41) is 20.2. The predicted octanol–water partition coefficient (Wildman–Crippen LogP) is 4.51. The Kier molecular flexibility index (Phi) is 10.6. The second-order valence-electron chi connectivity index (χ2n) is 7.53. The molecule has 34 heavy (non-hydrogen) atoms. The molecule has 0 fully saturated rings. The molecule has 0 aliphatic carbocycles. The van der Waals surface area contributed by atoms with Gasteiger partial charge in [-0.25, -0.2) is 0 Å². The number of fused-ring (bicyclic) bond motifs is 1. The molecular weight excluding hydrogens is 438 g/mol. The molecule has 0 bridgehead atoms. The van der Waals surface area contributed by atoms with Gasteiger partial charge in [-0.3, -0.25) is 14.6 Å². The Hall–Kier alpha value is -3.85. The van der Waals surface area contributed by atoms with Crippen LogP contribution in [0.4, 0.5) is 5.69 Å². The maximum Gasteiger partial charge on any atom is 0.303 e. The molecule has 182 valence electrons. The van der Waals surface area contributed by atoms with Crippen LogP contribution in [0.1, 0.15) is 32.6 Å². The molecule has 5 N–H and O–H groups in total. The van der Waals surface area contributed by atoms with Crippen molar-refractivity contribution in [3.05, 3.63) is 54.7 Å². The fourth-order valence-corrected chi connectivity index (χ4v) is 3.15. The van der Waals surface area contributed by atoms with Crippen molar-refractivity contribution in [2.24, 2.45) is 5.73 Å². The highest BCUT2D eigenvalue weighted by atomic mass is 16.5. The van der Waals surface area contributed by atoms with Crippen LogP contribution in [0.2, 0.25) is 0 Å². The van der Waals surface area contributed by atoms with E-state index < -0.39 is 11.9 Å². The van der Waals surface area contributed by atoms with Gasteiger partial charge in [-0.05, 0) is 50.6 Å². The summed E-state index contributed by atoms with van der Waals surface area (Å²) in [6.45, 7) is 2.84. The Labute approximate surface area is 198 Å². The number of carbonyl (C=O) groups is 2. The Morgan fingerprint density at radius 2 is 1.76 bits per heavy atom. The lowest BCUT2D eigenvalue weighted by molar-refractivity contribution is -0.143. The zero-order chi connectivity index (χ0) is 24.9. The summed E-state index contributed by atoms with van der Waals surface area (Å²) in [5.74, 6) is -0.0578. The second-order valence-corrected chi connectivity index (χ2v) is 7.53. The van der Waals surface area contributed by atoms with Crippen molar-refractivity contribution in [1.82, 2.24) is 4.98 Å². The van der Waals surface area contributed by atoms with Crippen LogP contribution in [0.3, 0.4) is 0 Å². The standard InChI is InChI=1S/C21H25N3O2.C4H6O4/c1-15(8-6-12-22)24-18-14-19(25-2)21(17-11-7-13-23-20(17)18)26-16-9-4-3-5-10-16;5-3(6)1-2-4(7)8/h3-5,7,9-11,13-15,24H,6,8,12,22H2,1-2H3;1-2H2,(H,5,6)(H,7,8). The number of hydrogen-bond donors (Lipinski definition) is 4. The zero-order valence-electron chi connectivity index (χ0n) is 19.4. The molecule has 1 aromatic heterocycles. The first-order chi connectivity index (χ1) is 16.3. The number of nitrogens with two attached hydrogens (primary N) is 1. The van der Waals surface area contributed by atoms with Crippen molar-refractivity contribution in [3.63, 3.8) is 0 Å². The van der Waals surface area contributed by atoms with E-state index in [1.807, 2.05) is 48.5 Å². The molecule has 1 heterocycles. The van der Waals surface area contributed by atoms with Crippen LogP contribution < -0.4 is 20.5 Å². The van der Waals surface area contributed by atoms with Crippen molar-refractivity contribution in [2.75, 3.05) is 19.0 Å². The molecule has 0 saturated carbocycles. The molecule has 1 unspecified atom stereocenters. The quantitative estimate of drug-likeness (QED) is 0.319. The van der Waals surface area contributed by atoms with E-state index in [0.717, 1.165) is 35.2 Å². The minimum atomic E-state index is -1.08. The fraction of sp³-hybridized carbons (Fsp3) is 0.320. The average Bonchev–Trinajstić information content (AvgIpc) is 2.84. The van der Waals surface area contributed by atoms with E-state index in [2.05, 4.69) is 17.2 Å². The largest absolute Gasteiger partial charge is 0.493 e. The fourth-order valence-electron chi connectivity index (χ4n) is 3.15. The van der Waals surface area contributed by atoms with Gasteiger partial charge < -0.3 is 30.7 Å². The first kappa shape index (κ1) is 26.4. The third-order valence-corrected chi connectivity index (χ3v) is 4.79. The molecule has 0 spiro atoms. The molecular formula is C25H31N3O6. The lowest BCUT2D eigenvalue weighted by Gasteiger charge is -2.19. The maximum atomic E-state index is 9.64. The van der Waals surface area contributed by atoms with Gasteiger partial charge in [0, 0.05) is 23.7 Å². The number of methoxy groups -OCH3 is 1. The number of nitrogens with zero attached hydrogens (tertiary/aromatic N) is 1. The molecule has 0 saturated heterocycles. The maximum absolute atomic E-state index is 9.64. The number of aromatic nitrogens is 1. The lowest BCUT2D eigenvalue weighted by Crippen LogP contribution is -2.17. The third-order valence-electron chi connectivity index (χ3n) is 4.79. The van der Waals surface area contributed by atoms with E-state index in [-0.39, 0.29) is 18.9 Å². The molecule has 9 heteroatoms. The number of hydrogen-bond acceptors (Lipinski definition) is 7. The molecule has 2 aromatic carbocycles. The Morgan fingerprint density at radius 1 is 1.09 bits per heavy atom. The number of carboxylic acids is 2. The monoisotopic (exact) mass is 469 g/mol. The Bertz CT molecular complexity index is 1060. The van der Waals surface area contributed by atoms with Crippen molar-refractivity contribution in [1.29, 1.82) is 0 Å². The van der Waals surface area contributed by atoms with Crippen molar-refractivity contribution in [2.45, 2.75) is 38.6 Å². The van der Waals surface area contributed by atoms with E-state index >= 15 is 0 Å². The number of nitrogens with one attached hydrogen (secondary N) is 1. The SMILES string of the molecule is COc1cc(NC(C)CCCN)c2ncccc2c1Oc1ccccc1.O=C(O)CCC(=O)O. The predicted molar refractivity (Wildman–Crippen MR) is 131 cm³/mol. The van der Waals surface area contributed by atoms with Crippen LogP contribution >= 0.6 is 0 Å². The van der Waals surface area contributed by atoms with Gasteiger partial charge >= 0.3 is 11.9 Å². The summed E-state index contributed by atoms with van der Waals surface area (Å²) in [7, 11) is 1.65. The highest BCUT2D eigenvalue weighted by Gasteiger charge is 2.17. The van der Waals surface area contributed by atoms with Crippen molar-refractivity contribution in [3.8, 4) is 17.2 Å². The Morgan fingerprint density at radius 3 is 2.35 bits per heavy atom. The topological polar surface area (TPSA) is 144 Å². The van der Waals surface area contributed by atoms with E-state index in [1.54, 1.807) is 13.3 Å². The summed E-state index contributed by atoms with van der Waals surface area (Å²) < 4.78 is 11.7. The van der Waals surface area contributed by atoms with Crippen LogP contribution in [0.25, 0.3) is 10.9 Å². The second kappa shape index (κ2) is 13.6. The number of pyridine rings is 1. The van der Waals surface area contributed by atoms with E-state index in [9.17, 15) is 9.59 Å². The number of carboxylic acid groups (broad SMARTS) is 2. The number of aliphatic carboxylic acids is 2. The minimum Gasteiger partial charge on any atom is -0.493 e. The molecule has 0 aliphatic heterocycles. The van der Waals surface area contributed by atoms with Gasteiger partial charge in [0.25, 0.3) is 0 Å². The van der Waals surface area contributed by atoms with Gasteiger partial charge in [0.15, 0.2) is 11.5 Å². The van der Waals surface area contributed by atoms with Crippen LogP contribution in [0.5, 0.6) is 17.2 Å². The van der Waals surface area contributed by atoms with Gasteiger partial charge in [0.05, 0.1) is 31.2 Å². The van der Waals surface area contributed by atoms with E-state index in [4.69, 9.17) is 25.4 Å². The normalized spacial score (nSPS) is 11.1. The van der Waals surface area contributed by atoms with Crippen LogP contribution in [0, 0.1) is 0 Å². The lowest BCUT2D eigenvalue weighted by atomic mass is 10.1. The highest BCUT2D eigenvalue weighted by molar-refractivity contribution is 5.97. The van der Waals surface area contributed by atoms with Crippen LogP contribution in [0.15, 0.2) is 54.7 Å². The smallest absolute Gasteiger partial charge is 0.303 e. The van der Waals surface area contributed by atoms with Crippen LogP contribution in [-0.2, 0) is 9.59 Å². The Balaban J connectivity index is 0.000000440. The summed E-state index contributed by atoms with van der Waals surface area (Å²) in [6, 6.07) is 15.8. The minimum absolute atomic E-state index is 0.286. The molecule has 3 aromatic rings. The zero-order valence-corrected chi connectivity index (χ0v) is 19.4. The molecule has 9 nitrogen and oxygen atoms in total. The summed E-state index contributed by atoms with van der Waals surface area (Å²) >= 11 is 0. The average molecular weight is 470 g/mol. The summed E-state index contributed by atoms with van der Waals surface area (Å²) in [5.41, 5.74) is 7.42. The van der Waals surface area contributed by atoms with Gasteiger partial charge in [-0.1, -0.05) is 18.2 Å².